The molecule has 6 rings (SSSR count). The standard InChI is InChI=1S/C25H28FN5O2S/c1-17-7-10-24(19-5-3-2-4-6-19)34(32,33)31(17)12-18-8-9-23(22(26)11-18)29-13-20-21(14-29)25(20)30-15-27-28-16-30/h2-6,8-9,11,15-17,20-21,24-25H,7,10,12-14H2,1H3/t17-,20-,21+,24+,25+/m0/s1. The highest BCUT2D eigenvalue weighted by Gasteiger charge is 2.57. The van der Waals surface area contributed by atoms with Gasteiger partial charge >= 0.3 is 0 Å². The van der Waals surface area contributed by atoms with Crippen LogP contribution >= 0.6 is 0 Å². The maximum atomic E-state index is 15.2. The molecule has 0 amide bonds. The third-order valence-corrected chi connectivity index (χ3v) is 10.2. The summed E-state index contributed by atoms with van der Waals surface area (Å²) in [5.41, 5.74) is 2.09. The van der Waals surface area contributed by atoms with E-state index in [-0.39, 0.29) is 18.4 Å². The zero-order valence-electron chi connectivity index (χ0n) is 19.0. The first-order valence-corrected chi connectivity index (χ1v) is 13.4. The highest BCUT2D eigenvalue weighted by Crippen LogP contribution is 2.55. The number of sulfonamides is 1. The number of fused-ring (bicyclic) bond motifs is 1. The summed E-state index contributed by atoms with van der Waals surface area (Å²) in [5, 5.41) is 7.23. The fourth-order valence-electron chi connectivity index (χ4n) is 5.93. The van der Waals surface area contributed by atoms with Crippen LogP contribution in [0.15, 0.2) is 61.2 Å². The van der Waals surface area contributed by atoms with Crippen LogP contribution in [0.3, 0.4) is 0 Å². The number of piperidine rings is 1. The summed E-state index contributed by atoms with van der Waals surface area (Å²) in [6, 6.07) is 14.9. The van der Waals surface area contributed by atoms with E-state index in [0.29, 0.717) is 35.5 Å². The summed E-state index contributed by atoms with van der Waals surface area (Å²) < 4.78 is 45.7. The van der Waals surface area contributed by atoms with E-state index in [2.05, 4.69) is 19.7 Å². The molecule has 7 nitrogen and oxygen atoms in total. The minimum atomic E-state index is -3.54. The second-order valence-corrected chi connectivity index (χ2v) is 11.9. The highest BCUT2D eigenvalue weighted by molar-refractivity contribution is 7.89. The molecule has 34 heavy (non-hydrogen) atoms. The summed E-state index contributed by atoms with van der Waals surface area (Å²) in [4.78, 5) is 2.10. The van der Waals surface area contributed by atoms with E-state index < -0.39 is 15.3 Å². The van der Waals surface area contributed by atoms with Crippen LogP contribution in [0.5, 0.6) is 0 Å². The maximum absolute atomic E-state index is 15.2. The number of nitrogens with zero attached hydrogens (tertiary/aromatic N) is 5. The molecule has 1 aliphatic carbocycles. The van der Waals surface area contributed by atoms with Crippen molar-refractivity contribution in [2.75, 3.05) is 18.0 Å². The Hall–Kier alpha value is -2.78. The minimum absolute atomic E-state index is 0.118. The predicted molar refractivity (Wildman–Crippen MR) is 127 cm³/mol. The Kier molecular flexibility index (Phi) is 5.22. The Balaban J connectivity index is 1.17. The Morgan fingerprint density at radius 1 is 1.00 bits per heavy atom. The first-order chi connectivity index (χ1) is 16.4. The van der Waals surface area contributed by atoms with Crippen molar-refractivity contribution in [3.8, 4) is 0 Å². The average Bonchev–Trinajstić information content (AvgIpc) is 3.19. The van der Waals surface area contributed by atoms with E-state index in [1.54, 1.807) is 23.0 Å². The van der Waals surface area contributed by atoms with Crippen molar-refractivity contribution >= 4 is 15.7 Å². The molecule has 178 valence electrons. The number of hydrogen-bond donors (Lipinski definition) is 0. The molecule has 0 radical (unpaired) electrons. The number of hydrogen-bond acceptors (Lipinski definition) is 5. The largest absolute Gasteiger partial charge is 0.368 e. The van der Waals surface area contributed by atoms with Gasteiger partial charge in [0.2, 0.25) is 10.0 Å². The van der Waals surface area contributed by atoms with Crippen molar-refractivity contribution in [1.29, 1.82) is 0 Å². The highest BCUT2D eigenvalue weighted by atomic mass is 32.2. The normalized spacial score (nSPS) is 30.3. The molecule has 0 spiro atoms. The summed E-state index contributed by atoms with van der Waals surface area (Å²) in [6.07, 6.45) is 4.88. The van der Waals surface area contributed by atoms with Crippen LogP contribution in [-0.4, -0.2) is 46.6 Å². The third kappa shape index (κ3) is 3.62. The van der Waals surface area contributed by atoms with Crippen molar-refractivity contribution < 1.29 is 12.8 Å². The van der Waals surface area contributed by atoms with E-state index in [1.165, 1.54) is 6.07 Å². The topological polar surface area (TPSA) is 71.3 Å². The van der Waals surface area contributed by atoms with Crippen LogP contribution in [0.2, 0.25) is 0 Å². The summed E-state index contributed by atoms with van der Waals surface area (Å²) in [6.45, 7) is 3.73. The van der Waals surface area contributed by atoms with Crippen LogP contribution < -0.4 is 4.90 Å². The molecule has 2 saturated heterocycles. The van der Waals surface area contributed by atoms with Gasteiger partial charge in [0.15, 0.2) is 0 Å². The van der Waals surface area contributed by atoms with E-state index in [1.807, 2.05) is 43.3 Å². The van der Waals surface area contributed by atoms with Crippen molar-refractivity contribution in [1.82, 2.24) is 19.1 Å². The Labute approximate surface area is 199 Å². The predicted octanol–water partition coefficient (Wildman–Crippen LogP) is 3.78. The molecular weight excluding hydrogens is 453 g/mol. The average molecular weight is 482 g/mol. The fraction of sp³-hybridized carbons (Fsp3) is 0.440. The summed E-state index contributed by atoms with van der Waals surface area (Å²) in [5.74, 6) is 0.690. The van der Waals surface area contributed by atoms with Gasteiger partial charge in [-0.15, -0.1) is 10.2 Å². The molecule has 3 aliphatic rings. The van der Waals surface area contributed by atoms with E-state index in [9.17, 15) is 8.42 Å². The lowest BCUT2D eigenvalue weighted by Gasteiger charge is -2.37. The monoisotopic (exact) mass is 481 g/mol. The van der Waals surface area contributed by atoms with Gasteiger partial charge in [-0.2, -0.15) is 4.31 Å². The quantitative estimate of drug-likeness (QED) is 0.555. The molecular formula is C25H28FN5O2S. The van der Waals surface area contributed by atoms with Crippen molar-refractivity contribution in [2.45, 2.75) is 43.6 Å². The van der Waals surface area contributed by atoms with Gasteiger partial charge < -0.3 is 9.47 Å². The lowest BCUT2D eigenvalue weighted by Crippen LogP contribution is -2.44. The van der Waals surface area contributed by atoms with Gasteiger partial charge in [0.25, 0.3) is 0 Å². The van der Waals surface area contributed by atoms with E-state index in [0.717, 1.165) is 25.1 Å². The van der Waals surface area contributed by atoms with Crippen molar-refractivity contribution in [2.24, 2.45) is 11.8 Å². The number of aromatic nitrogens is 3. The van der Waals surface area contributed by atoms with E-state index >= 15 is 4.39 Å². The molecule has 9 heteroatoms. The van der Waals surface area contributed by atoms with Gasteiger partial charge in [-0.25, -0.2) is 12.8 Å². The number of rotatable bonds is 5. The van der Waals surface area contributed by atoms with Gasteiger partial charge in [-0.3, -0.25) is 0 Å². The molecule has 0 N–H and O–H groups in total. The zero-order chi connectivity index (χ0) is 23.4. The molecule has 1 saturated carbocycles. The van der Waals surface area contributed by atoms with E-state index in [4.69, 9.17) is 0 Å². The zero-order valence-corrected chi connectivity index (χ0v) is 19.9. The van der Waals surface area contributed by atoms with Gasteiger partial charge in [0, 0.05) is 43.6 Å². The van der Waals surface area contributed by atoms with Crippen molar-refractivity contribution in [3.05, 3.63) is 78.1 Å². The smallest absolute Gasteiger partial charge is 0.221 e. The fourth-order valence-corrected chi connectivity index (χ4v) is 8.13. The molecule has 3 fully saturated rings. The van der Waals surface area contributed by atoms with Crippen LogP contribution in [0.1, 0.15) is 42.2 Å². The molecule has 2 aliphatic heterocycles. The Morgan fingerprint density at radius 3 is 2.38 bits per heavy atom. The minimum Gasteiger partial charge on any atom is -0.368 e. The lowest BCUT2D eigenvalue weighted by molar-refractivity contribution is 0.281. The molecule has 3 heterocycles. The van der Waals surface area contributed by atoms with Crippen LogP contribution in [0.25, 0.3) is 0 Å². The third-order valence-electron chi connectivity index (χ3n) is 7.82. The SMILES string of the molecule is C[C@H]1CC[C@H](c2ccccc2)S(=O)(=O)N1Cc1ccc(N2C[C@@H]3[C@H](C2)[C@H]3n2cnnc2)c(F)c1. The Bertz CT molecular complexity index is 1270. The van der Waals surface area contributed by atoms with Gasteiger partial charge in [-0.1, -0.05) is 36.4 Å². The van der Waals surface area contributed by atoms with Gasteiger partial charge in [-0.05, 0) is 43.0 Å². The molecule has 0 bridgehead atoms. The maximum Gasteiger partial charge on any atom is 0.221 e. The number of benzene rings is 2. The first kappa shape index (κ1) is 21.7. The number of halogens is 1. The van der Waals surface area contributed by atoms with Crippen molar-refractivity contribution in [3.63, 3.8) is 0 Å². The second kappa shape index (κ2) is 8.16. The molecule has 3 aromatic rings. The van der Waals surface area contributed by atoms with Crippen LogP contribution in [0, 0.1) is 17.7 Å². The van der Waals surface area contributed by atoms with Crippen LogP contribution in [0.4, 0.5) is 10.1 Å². The van der Waals surface area contributed by atoms with Gasteiger partial charge in [0.1, 0.15) is 23.7 Å². The Morgan fingerprint density at radius 2 is 1.71 bits per heavy atom. The molecule has 0 unspecified atom stereocenters. The van der Waals surface area contributed by atoms with Gasteiger partial charge in [0.05, 0.1) is 5.69 Å². The molecule has 5 atom stereocenters. The lowest BCUT2D eigenvalue weighted by atomic mass is 10.0. The first-order valence-electron chi connectivity index (χ1n) is 11.9. The molecule has 2 aromatic carbocycles. The summed E-state index contributed by atoms with van der Waals surface area (Å²) >= 11 is 0. The molecule has 1 aromatic heterocycles. The second-order valence-electron chi connectivity index (χ2n) is 9.83. The number of anilines is 1. The summed E-state index contributed by atoms with van der Waals surface area (Å²) in [7, 11) is -3.54. The van der Waals surface area contributed by atoms with Crippen LogP contribution in [-0.2, 0) is 16.6 Å².